The molecular formula is C18H15Cl3N2O3. The minimum Gasteiger partial charge on any atom is -0.452 e. The zero-order valence-corrected chi connectivity index (χ0v) is 16.2. The molecule has 26 heavy (non-hydrogen) atoms. The Balaban J connectivity index is 1.88. The first kappa shape index (κ1) is 20.2. The van der Waals surface area contributed by atoms with E-state index in [2.05, 4.69) is 10.3 Å². The molecule has 0 aliphatic rings. The van der Waals surface area contributed by atoms with Crippen molar-refractivity contribution in [2.45, 2.75) is 13.8 Å². The van der Waals surface area contributed by atoms with Gasteiger partial charge in [0.05, 0.1) is 15.7 Å². The number of amides is 1. The summed E-state index contributed by atoms with van der Waals surface area (Å²) in [6, 6.07) is 6.85. The summed E-state index contributed by atoms with van der Waals surface area (Å²) in [7, 11) is 0. The minimum atomic E-state index is -0.664. The van der Waals surface area contributed by atoms with Gasteiger partial charge in [0, 0.05) is 11.1 Å². The Hall–Kier alpha value is -2.08. The molecular weight excluding hydrogens is 399 g/mol. The monoisotopic (exact) mass is 412 g/mol. The molecule has 0 unspecified atom stereocenters. The largest absolute Gasteiger partial charge is 0.452 e. The number of carbonyl (C=O) groups is 2. The fourth-order valence-corrected chi connectivity index (χ4v) is 2.47. The molecule has 0 radical (unpaired) electrons. The van der Waals surface area contributed by atoms with Crippen LogP contribution < -0.4 is 5.32 Å². The highest BCUT2D eigenvalue weighted by atomic mass is 35.5. The Morgan fingerprint density at radius 2 is 1.85 bits per heavy atom. The molecule has 0 fully saturated rings. The number of nitrogens with zero attached hydrogens (tertiary/aromatic N) is 1. The Kier molecular flexibility index (Phi) is 7.03. The summed E-state index contributed by atoms with van der Waals surface area (Å²) >= 11 is 17.9. The Morgan fingerprint density at radius 1 is 1.12 bits per heavy atom. The maximum Gasteiger partial charge on any atom is 0.331 e. The van der Waals surface area contributed by atoms with Gasteiger partial charge in [0.2, 0.25) is 0 Å². The van der Waals surface area contributed by atoms with E-state index < -0.39 is 18.5 Å². The fourth-order valence-electron chi connectivity index (χ4n) is 1.88. The number of halogens is 3. The molecule has 0 aliphatic heterocycles. The van der Waals surface area contributed by atoms with E-state index in [0.29, 0.717) is 15.7 Å². The van der Waals surface area contributed by atoms with E-state index in [-0.39, 0.29) is 10.8 Å². The highest BCUT2D eigenvalue weighted by Gasteiger charge is 2.11. The summed E-state index contributed by atoms with van der Waals surface area (Å²) in [6.07, 6.45) is 2.76. The smallest absolute Gasteiger partial charge is 0.331 e. The molecule has 1 N–H and O–H groups in total. The number of anilines is 1. The lowest BCUT2D eigenvalue weighted by Crippen LogP contribution is -2.21. The van der Waals surface area contributed by atoms with Gasteiger partial charge in [-0.1, -0.05) is 46.9 Å². The summed E-state index contributed by atoms with van der Waals surface area (Å²) in [5.41, 5.74) is 2.20. The number of ether oxygens (including phenoxy) is 1. The maximum atomic E-state index is 11.9. The van der Waals surface area contributed by atoms with Crippen molar-refractivity contribution in [3.05, 3.63) is 62.2 Å². The molecule has 1 aromatic carbocycles. The van der Waals surface area contributed by atoms with Crippen LogP contribution in [0.2, 0.25) is 15.1 Å². The number of nitrogens with one attached hydrogen (secondary N) is 1. The molecule has 8 heteroatoms. The molecule has 0 saturated carbocycles. The number of hydrogen-bond acceptors (Lipinski definition) is 4. The van der Waals surface area contributed by atoms with Crippen LogP contribution in [0.5, 0.6) is 0 Å². The van der Waals surface area contributed by atoms with Gasteiger partial charge in [0.15, 0.2) is 12.4 Å². The topological polar surface area (TPSA) is 68.3 Å². The predicted octanol–water partition coefficient (Wildman–Crippen LogP) is 4.85. The molecule has 1 aromatic heterocycles. The molecule has 0 aliphatic carbocycles. The lowest BCUT2D eigenvalue weighted by atomic mass is 10.1. The van der Waals surface area contributed by atoms with Crippen LogP contribution in [0.4, 0.5) is 5.82 Å². The second kappa shape index (κ2) is 9.03. The fraction of sp³-hybridized carbons (Fsp3) is 0.167. The van der Waals surface area contributed by atoms with Gasteiger partial charge in [-0.25, -0.2) is 9.78 Å². The SMILES string of the molecule is Cc1ccc(/C=C/C(=O)OCC(=O)Nc2nc(C)c(Cl)cc2Cl)cc1Cl. The van der Waals surface area contributed by atoms with E-state index in [9.17, 15) is 9.59 Å². The van der Waals surface area contributed by atoms with E-state index >= 15 is 0 Å². The van der Waals surface area contributed by atoms with Gasteiger partial charge >= 0.3 is 5.97 Å². The molecule has 1 amide bonds. The Morgan fingerprint density at radius 3 is 2.54 bits per heavy atom. The van der Waals surface area contributed by atoms with E-state index in [1.807, 2.05) is 19.1 Å². The lowest BCUT2D eigenvalue weighted by molar-refractivity contribution is -0.142. The number of aromatic nitrogens is 1. The summed E-state index contributed by atoms with van der Waals surface area (Å²) in [6.45, 7) is 3.08. The molecule has 5 nitrogen and oxygen atoms in total. The van der Waals surface area contributed by atoms with Crippen LogP contribution >= 0.6 is 34.8 Å². The maximum absolute atomic E-state index is 11.9. The van der Waals surface area contributed by atoms with Gasteiger partial charge in [-0.3, -0.25) is 4.79 Å². The zero-order chi connectivity index (χ0) is 19.3. The summed E-state index contributed by atoms with van der Waals surface area (Å²) in [5.74, 6) is -1.08. The van der Waals surface area contributed by atoms with Crippen LogP contribution in [0.1, 0.15) is 16.8 Å². The number of pyridine rings is 1. The highest BCUT2D eigenvalue weighted by Crippen LogP contribution is 2.25. The first-order chi connectivity index (χ1) is 12.3. The number of aryl methyl sites for hydroxylation is 2. The zero-order valence-electron chi connectivity index (χ0n) is 14.0. The summed E-state index contributed by atoms with van der Waals surface area (Å²) in [5, 5.41) is 3.64. The molecule has 0 bridgehead atoms. The Bertz CT molecular complexity index is 882. The quantitative estimate of drug-likeness (QED) is 0.562. The second-order valence-electron chi connectivity index (χ2n) is 5.38. The van der Waals surface area contributed by atoms with E-state index in [0.717, 1.165) is 11.1 Å². The van der Waals surface area contributed by atoms with Gasteiger partial charge in [-0.15, -0.1) is 0 Å². The normalized spacial score (nSPS) is 10.8. The molecule has 2 rings (SSSR count). The van der Waals surface area contributed by atoms with Crippen LogP contribution in [0.3, 0.4) is 0 Å². The molecule has 2 aromatic rings. The molecule has 0 spiro atoms. The van der Waals surface area contributed by atoms with Crippen LogP contribution in [0.15, 0.2) is 30.3 Å². The van der Waals surface area contributed by atoms with Gasteiger partial charge in [0.25, 0.3) is 5.91 Å². The molecule has 0 saturated heterocycles. The van der Waals surface area contributed by atoms with Gasteiger partial charge in [0.1, 0.15) is 0 Å². The average molecular weight is 414 g/mol. The van der Waals surface area contributed by atoms with Crippen molar-refractivity contribution < 1.29 is 14.3 Å². The number of hydrogen-bond donors (Lipinski definition) is 1. The van der Waals surface area contributed by atoms with Crippen molar-refractivity contribution in [2.24, 2.45) is 0 Å². The number of benzene rings is 1. The van der Waals surface area contributed by atoms with Gasteiger partial charge in [-0.05, 0) is 43.2 Å². The van der Waals surface area contributed by atoms with E-state index in [1.54, 1.807) is 19.1 Å². The predicted molar refractivity (Wildman–Crippen MR) is 104 cm³/mol. The first-order valence-corrected chi connectivity index (χ1v) is 8.63. The minimum absolute atomic E-state index is 0.152. The van der Waals surface area contributed by atoms with Crippen LogP contribution in [-0.4, -0.2) is 23.5 Å². The average Bonchev–Trinajstić information content (AvgIpc) is 2.59. The van der Waals surface area contributed by atoms with E-state index in [4.69, 9.17) is 39.5 Å². The van der Waals surface area contributed by atoms with Crippen molar-refractivity contribution >= 4 is 58.6 Å². The summed E-state index contributed by atoms with van der Waals surface area (Å²) < 4.78 is 4.88. The number of carbonyl (C=O) groups excluding carboxylic acids is 2. The highest BCUT2D eigenvalue weighted by molar-refractivity contribution is 6.36. The number of esters is 1. The lowest BCUT2D eigenvalue weighted by Gasteiger charge is -2.08. The van der Waals surface area contributed by atoms with Crippen molar-refractivity contribution in [2.75, 3.05) is 11.9 Å². The van der Waals surface area contributed by atoms with Crippen molar-refractivity contribution in [1.82, 2.24) is 4.98 Å². The van der Waals surface area contributed by atoms with Gasteiger partial charge < -0.3 is 10.1 Å². The third kappa shape index (κ3) is 5.73. The standard InChI is InChI=1S/C18H15Cl3N2O3/c1-10-3-4-12(7-13(10)19)5-6-17(25)26-9-16(24)23-18-15(21)8-14(20)11(2)22-18/h3-8H,9H2,1-2H3,(H,22,23,24)/b6-5+. The van der Waals surface area contributed by atoms with Crippen molar-refractivity contribution in [3.63, 3.8) is 0 Å². The molecule has 1 heterocycles. The molecule has 136 valence electrons. The third-order valence-corrected chi connectivity index (χ3v) is 4.39. The number of rotatable bonds is 5. The van der Waals surface area contributed by atoms with Crippen LogP contribution in [0, 0.1) is 13.8 Å². The first-order valence-electron chi connectivity index (χ1n) is 7.49. The Labute approximate surface area is 165 Å². The van der Waals surface area contributed by atoms with Crippen molar-refractivity contribution in [1.29, 1.82) is 0 Å². The molecule has 0 atom stereocenters. The second-order valence-corrected chi connectivity index (χ2v) is 6.61. The van der Waals surface area contributed by atoms with E-state index in [1.165, 1.54) is 12.1 Å². The van der Waals surface area contributed by atoms with Crippen LogP contribution in [0.25, 0.3) is 6.08 Å². The van der Waals surface area contributed by atoms with Crippen molar-refractivity contribution in [3.8, 4) is 0 Å². The van der Waals surface area contributed by atoms with Gasteiger partial charge in [-0.2, -0.15) is 0 Å². The summed E-state index contributed by atoms with van der Waals surface area (Å²) in [4.78, 5) is 27.6. The third-order valence-electron chi connectivity index (χ3n) is 3.32. The van der Waals surface area contributed by atoms with Crippen LogP contribution in [-0.2, 0) is 14.3 Å².